The van der Waals surface area contributed by atoms with E-state index in [1.807, 2.05) is 0 Å². The van der Waals surface area contributed by atoms with Crippen LogP contribution in [0, 0.1) is 0 Å². The number of nitrogens with two attached hydrogens (primary N) is 1. The monoisotopic (exact) mass is 886 g/mol. The highest BCUT2D eigenvalue weighted by molar-refractivity contribution is 7.99. The molecule has 2 saturated heterocycles. The summed E-state index contributed by atoms with van der Waals surface area (Å²) >= 11 is 0.852. The first-order valence-electron chi connectivity index (χ1n) is 18.4. The number of rotatable bonds is 23. The van der Waals surface area contributed by atoms with Gasteiger partial charge >= 0.3 is 17.9 Å². The molecule has 2 fully saturated rings. The minimum Gasteiger partial charge on any atom is -0.480 e. The predicted molar refractivity (Wildman–Crippen MR) is 199 cm³/mol. The van der Waals surface area contributed by atoms with Gasteiger partial charge in [-0.2, -0.15) is 11.8 Å². The summed E-state index contributed by atoms with van der Waals surface area (Å²) in [7, 11) is 0. The first-order chi connectivity index (χ1) is 28.0. The van der Waals surface area contributed by atoms with E-state index in [1.165, 1.54) is 13.8 Å². The molecule has 2 aliphatic rings. The second kappa shape index (κ2) is 24.2. The highest BCUT2D eigenvalue weighted by atomic mass is 32.2. The van der Waals surface area contributed by atoms with Crippen molar-refractivity contribution in [3.05, 3.63) is 0 Å². The molecule has 0 spiro atoms. The SMILES string of the molecule is CC(=O)NC1C(OC2C(CO)OC(O)C(NC(C)=O)C2OC(C)C(=O)NC(C)C(=O)NC(CCC(=O)NC(CSCC(N)C(=O)O)C(=O)O)C(=O)O)OC(CO)C(O)C1O. The molecule has 15 N–H and O–H groups in total. The normalized spacial score (nSPS) is 29.0. The summed E-state index contributed by atoms with van der Waals surface area (Å²) in [6.07, 6.45) is -15.9. The van der Waals surface area contributed by atoms with Crippen LogP contribution in [0.4, 0.5) is 0 Å². The van der Waals surface area contributed by atoms with Crippen molar-refractivity contribution in [1.82, 2.24) is 26.6 Å². The van der Waals surface area contributed by atoms with Crippen LogP contribution in [0.5, 0.6) is 0 Å². The number of carbonyl (C=O) groups excluding carboxylic acids is 5. The molecule has 0 aliphatic carbocycles. The minimum atomic E-state index is -1.89. The molecule has 2 heterocycles. The summed E-state index contributed by atoms with van der Waals surface area (Å²) < 4.78 is 23.0. The van der Waals surface area contributed by atoms with Gasteiger partial charge in [0.1, 0.15) is 79.0 Å². The third kappa shape index (κ3) is 15.3. The number of aliphatic hydroxyl groups excluding tert-OH is 5. The Kier molecular flexibility index (Phi) is 20.9. The number of carboxylic acid groups (broad SMARTS) is 3. The lowest BCUT2D eigenvalue weighted by molar-refractivity contribution is -0.333. The van der Waals surface area contributed by atoms with Crippen molar-refractivity contribution in [1.29, 1.82) is 0 Å². The van der Waals surface area contributed by atoms with Gasteiger partial charge in [-0.1, -0.05) is 0 Å². The van der Waals surface area contributed by atoms with Gasteiger partial charge in [0.2, 0.25) is 29.5 Å². The molecule has 5 amide bonds. The maximum absolute atomic E-state index is 13.4. The van der Waals surface area contributed by atoms with Gasteiger partial charge in [0.15, 0.2) is 12.6 Å². The molecule has 342 valence electrons. The first kappa shape index (κ1) is 51.8. The van der Waals surface area contributed by atoms with Gasteiger partial charge in [0.25, 0.3) is 0 Å². The van der Waals surface area contributed by atoms with Crippen LogP contribution in [0.2, 0.25) is 0 Å². The van der Waals surface area contributed by atoms with E-state index in [1.54, 1.807) is 0 Å². The van der Waals surface area contributed by atoms with Crippen molar-refractivity contribution in [2.75, 3.05) is 24.7 Å². The number of ether oxygens (including phenoxy) is 4. The van der Waals surface area contributed by atoms with Crippen LogP contribution in [0.15, 0.2) is 0 Å². The fourth-order valence-electron chi connectivity index (χ4n) is 5.87. The first-order valence-corrected chi connectivity index (χ1v) is 19.5. The lowest BCUT2D eigenvalue weighted by Crippen LogP contribution is -2.70. The van der Waals surface area contributed by atoms with Crippen molar-refractivity contribution >= 4 is 59.2 Å². The van der Waals surface area contributed by atoms with E-state index >= 15 is 0 Å². The van der Waals surface area contributed by atoms with Crippen LogP contribution < -0.4 is 32.3 Å². The summed E-state index contributed by atoms with van der Waals surface area (Å²) in [5.41, 5.74) is 5.38. The summed E-state index contributed by atoms with van der Waals surface area (Å²) in [5, 5.41) is 91.3. The Morgan fingerprint density at radius 3 is 1.83 bits per heavy atom. The van der Waals surface area contributed by atoms with Crippen molar-refractivity contribution in [2.45, 2.75) is 132 Å². The molecule has 60 heavy (non-hydrogen) atoms. The third-order valence-corrected chi connectivity index (χ3v) is 10.2. The molecule has 27 heteroatoms. The summed E-state index contributed by atoms with van der Waals surface area (Å²) in [4.78, 5) is 97.4. The second-order valence-electron chi connectivity index (χ2n) is 13.9. The van der Waals surface area contributed by atoms with Gasteiger partial charge in [0.05, 0.1) is 13.2 Å². The fourth-order valence-corrected chi connectivity index (χ4v) is 6.87. The Labute approximate surface area is 346 Å². The zero-order chi connectivity index (χ0) is 45.6. The van der Waals surface area contributed by atoms with Gasteiger partial charge in [-0.3, -0.25) is 28.8 Å². The van der Waals surface area contributed by atoms with Crippen LogP contribution in [0.1, 0.15) is 40.5 Å². The van der Waals surface area contributed by atoms with Crippen molar-refractivity contribution < 1.29 is 98.2 Å². The van der Waals surface area contributed by atoms with Crippen molar-refractivity contribution in [3.63, 3.8) is 0 Å². The Morgan fingerprint density at radius 1 is 0.717 bits per heavy atom. The van der Waals surface area contributed by atoms with E-state index in [9.17, 15) is 74.1 Å². The number of aliphatic hydroxyl groups is 5. The average molecular weight is 887 g/mol. The molecule has 0 radical (unpaired) electrons. The van der Waals surface area contributed by atoms with Gasteiger partial charge < -0.3 is 92.1 Å². The Bertz CT molecular complexity index is 1530. The van der Waals surface area contributed by atoms with E-state index in [0.717, 1.165) is 25.6 Å². The smallest absolute Gasteiger partial charge is 0.327 e. The molecule has 0 aromatic heterocycles. The zero-order valence-corrected chi connectivity index (χ0v) is 33.7. The van der Waals surface area contributed by atoms with Crippen LogP contribution in [0.25, 0.3) is 0 Å². The Hall–Kier alpha value is -4.29. The average Bonchev–Trinajstić information content (AvgIpc) is 3.16. The number of hydrogen-bond donors (Lipinski definition) is 14. The molecule has 0 saturated carbocycles. The molecular formula is C33H54N6O20S. The van der Waals surface area contributed by atoms with E-state index in [-0.39, 0.29) is 11.5 Å². The molecular weight excluding hydrogens is 832 g/mol. The van der Waals surface area contributed by atoms with Crippen LogP contribution in [-0.2, 0) is 57.3 Å². The van der Waals surface area contributed by atoms with Crippen molar-refractivity contribution in [2.24, 2.45) is 5.73 Å². The van der Waals surface area contributed by atoms with Gasteiger partial charge in [-0.25, -0.2) is 9.59 Å². The van der Waals surface area contributed by atoms with Gasteiger partial charge in [-0.15, -0.1) is 0 Å². The molecule has 26 nitrogen and oxygen atoms in total. The molecule has 0 bridgehead atoms. The second-order valence-corrected chi connectivity index (χ2v) is 14.9. The highest BCUT2D eigenvalue weighted by Gasteiger charge is 2.53. The summed E-state index contributed by atoms with van der Waals surface area (Å²) in [6, 6.07) is -8.96. The number of nitrogens with one attached hydrogen (secondary N) is 5. The number of carboxylic acids is 3. The maximum atomic E-state index is 13.4. The number of amides is 5. The van der Waals surface area contributed by atoms with E-state index in [4.69, 9.17) is 29.8 Å². The van der Waals surface area contributed by atoms with Gasteiger partial charge in [-0.05, 0) is 20.3 Å². The zero-order valence-electron chi connectivity index (χ0n) is 32.9. The molecule has 0 aromatic carbocycles. The van der Waals surface area contributed by atoms with Crippen LogP contribution in [0.3, 0.4) is 0 Å². The standard InChI is InChI=1S/C33H54N6O20S/c1-11(27(47)39-16(30(51)52)5-6-20(44)38-17(31(53)54)10-60-9-15(34)29(49)50)35-28(48)12(2)56-26-22(37-14(4)43)32(55)57-19(8-41)25(26)59-33-21(36-13(3)42)24(46)23(45)18(7-40)58-33/h11-12,15-19,21-26,32-33,40-41,45-46,55H,5-10,34H2,1-4H3,(H,35,48)(H,36,42)(H,37,43)(H,38,44)(H,39,47)(H,49,50)(H,51,52)(H,53,54). The highest BCUT2D eigenvalue weighted by Crippen LogP contribution is 2.31. The summed E-state index contributed by atoms with van der Waals surface area (Å²) in [6.45, 7) is 2.80. The molecule has 2 aliphatic heterocycles. The number of hydrogen-bond acceptors (Lipinski definition) is 19. The molecule has 15 atom stereocenters. The van der Waals surface area contributed by atoms with Crippen molar-refractivity contribution in [3.8, 4) is 0 Å². The van der Waals surface area contributed by atoms with Crippen LogP contribution in [-0.4, -0.2) is 205 Å². The van der Waals surface area contributed by atoms with E-state index in [0.29, 0.717) is 0 Å². The number of aliphatic carboxylic acids is 3. The summed E-state index contributed by atoms with van der Waals surface area (Å²) in [5.74, 6) is -9.15. The Morgan fingerprint density at radius 2 is 1.30 bits per heavy atom. The minimum absolute atomic E-state index is 0.154. The number of carbonyl (C=O) groups is 8. The lowest BCUT2D eigenvalue weighted by atomic mass is 9.94. The van der Waals surface area contributed by atoms with Gasteiger partial charge in [0, 0.05) is 31.8 Å². The topological polar surface area (TPSA) is 421 Å². The van der Waals surface area contributed by atoms with Crippen LogP contribution >= 0.6 is 11.8 Å². The Balaban J connectivity index is 2.18. The van der Waals surface area contributed by atoms with E-state index in [2.05, 4.69) is 26.6 Å². The number of thioether (sulfide) groups is 1. The largest absolute Gasteiger partial charge is 0.480 e. The molecule has 0 aromatic rings. The quantitative estimate of drug-likeness (QED) is 0.0453. The maximum Gasteiger partial charge on any atom is 0.327 e. The third-order valence-electron chi connectivity index (χ3n) is 9.05. The fraction of sp³-hybridized carbons (Fsp3) is 0.758. The van der Waals surface area contributed by atoms with E-state index < -0.39 is 165 Å². The molecule has 15 unspecified atom stereocenters. The molecule has 2 rings (SSSR count). The predicted octanol–water partition coefficient (Wildman–Crippen LogP) is -7.13. The lowest BCUT2D eigenvalue weighted by Gasteiger charge is -2.48.